The molecule has 1 amide bonds. The molecule has 0 spiro atoms. The number of carbonyl (C=O) groups is 1. The molecule has 14 heavy (non-hydrogen) atoms. The number of carbonyl (C=O) groups excluding carboxylic acids is 1. The summed E-state index contributed by atoms with van der Waals surface area (Å²) in [6.45, 7) is 6.82. The van der Waals surface area contributed by atoms with Crippen molar-refractivity contribution in [1.29, 1.82) is 0 Å². The molecule has 0 fully saturated rings. The molecule has 0 heterocycles. The molecule has 3 nitrogen and oxygen atoms in total. The zero-order valence-corrected chi connectivity index (χ0v) is 9.68. The Morgan fingerprint density at radius 1 is 1.36 bits per heavy atom. The molecular formula is C11H24N2O. The van der Waals surface area contributed by atoms with Crippen molar-refractivity contribution in [1.82, 2.24) is 5.32 Å². The molecule has 0 aromatic rings. The monoisotopic (exact) mass is 200 g/mol. The highest BCUT2D eigenvalue weighted by molar-refractivity contribution is 5.78. The molecule has 0 saturated carbocycles. The van der Waals surface area contributed by atoms with Gasteiger partial charge in [-0.3, -0.25) is 4.79 Å². The van der Waals surface area contributed by atoms with Gasteiger partial charge in [-0.25, -0.2) is 0 Å². The summed E-state index contributed by atoms with van der Waals surface area (Å²) in [5.41, 5.74) is 5.63. The Kier molecular flexibility index (Phi) is 7.48. The maximum Gasteiger partial charge on any atom is 0.222 e. The average Bonchev–Trinajstić information content (AvgIpc) is 2.13. The summed E-state index contributed by atoms with van der Waals surface area (Å²) in [4.78, 5) is 11.4. The van der Waals surface area contributed by atoms with Crippen LogP contribution in [-0.4, -0.2) is 18.5 Å². The summed E-state index contributed by atoms with van der Waals surface area (Å²) < 4.78 is 0. The van der Waals surface area contributed by atoms with Crippen LogP contribution in [0.5, 0.6) is 0 Å². The van der Waals surface area contributed by atoms with Gasteiger partial charge in [0.1, 0.15) is 0 Å². The van der Waals surface area contributed by atoms with Gasteiger partial charge in [0, 0.05) is 18.5 Å². The van der Waals surface area contributed by atoms with Gasteiger partial charge < -0.3 is 11.1 Å². The average molecular weight is 200 g/mol. The summed E-state index contributed by atoms with van der Waals surface area (Å²) in [6, 6.07) is 0.251. The molecule has 3 heteroatoms. The highest BCUT2D eigenvalue weighted by Crippen LogP contribution is 2.08. The van der Waals surface area contributed by atoms with E-state index in [0.29, 0.717) is 0 Å². The summed E-state index contributed by atoms with van der Waals surface area (Å²) in [6.07, 6.45) is 3.99. The molecule has 2 unspecified atom stereocenters. The van der Waals surface area contributed by atoms with Crippen molar-refractivity contribution in [2.75, 3.05) is 6.54 Å². The Labute approximate surface area is 87.4 Å². The van der Waals surface area contributed by atoms with E-state index in [1.165, 1.54) is 0 Å². The van der Waals surface area contributed by atoms with Gasteiger partial charge in [0.15, 0.2) is 0 Å². The third-order valence-electron chi connectivity index (χ3n) is 2.29. The summed E-state index contributed by atoms with van der Waals surface area (Å²) >= 11 is 0. The Morgan fingerprint density at radius 3 is 2.50 bits per heavy atom. The molecule has 3 N–H and O–H groups in total. The van der Waals surface area contributed by atoms with Crippen molar-refractivity contribution in [3.8, 4) is 0 Å². The van der Waals surface area contributed by atoms with Crippen LogP contribution < -0.4 is 11.1 Å². The van der Waals surface area contributed by atoms with Gasteiger partial charge in [-0.15, -0.1) is 0 Å². The fourth-order valence-corrected chi connectivity index (χ4v) is 1.30. The van der Waals surface area contributed by atoms with E-state index < -0.39 is 0 Å². The first-order chi connectivity index (χ1) is 6.57. The van der Waals surface area contributed by atoms with Crippen LogP contribution in [0.25, 0.3) is 0 Å². The largest absolute Gasteiger partial charge is 0.356 e. The zero-order valence-electron chi connectivity index (χ0n) is 9.68. The van der Waals surface area contributed by atoms with Crippen LogP contribution in [0.15, 0.2) is 0 Å². The number of amides is 1. The molecule has 0 saturated heterocycles. The SMILES string of the molecule is CCCNC(=O)C(C)CCCC(C)N. The first-order valence-electron chi connectivity index (χ1n) is 5.61. The Morgan fingerprint density at radius 2 is 2.00 bits per heavy atom. The van der Waals surface area contributed by atoms with E-state index in [1.54, 1.807) is 0 Å². The molecule has 0 radical (unpaired) electrons. The molecule has 0 aliphatic heterocycles. The number of nitrogens with one attached hydrogen (secondary N) is 1. The second-order valence-corrected chi connectivity index (χ2v) is 4.10. The summed E-state index contributed by atoms with van der Waals surface area (Å²) in [5.74, 6) is 0.303. The first-order valence-corrected chi connectivity index (χ1v) is 5.61. The van der Waals surface area contributed by atoms with Crippen LogP contribution in [0.1, 0.15) is 46.5 Å². The minimum absolute atomic E-state index is 0.125. The van der Waals surface area contributed by atoms with Gasteiger partial charge >= 0.3 is 0 Å². The Bertz CT molecular complexity index is 157. The standard InChI is InChI=1S/C11H24N2O/c1-4-8-13-11(14)9(2)6-5-7-10(3)12/h9-10H,4-8,12H2,1-3H3,(H,13,14). The third-order valence-corrected chi connectivity index (χ3v) is 2.29. The zero-order chi connectivity index (χ0) is 11.0. The van der Waals surface area contributed by atoms with Crippen LogP contribution in [0, 0.1) is 5.92 Å². The highest BCUT2D eigenvalue weighted by atomic mass is 16.1. The molecule has 0 aliphatic rings. The lowest BCUT2D eigenvalue weighted by molar-refractivity contribution is -0.124. The molecule has 2 atom stereocenters. The minimum Gasteiger partial charge on any atom is -0.356 e. The molecule has 0 bridgehead atoms. The predicted molar refractivity (Wildman–Crippen MR) is 60.0 cm³/mol. The van der Waals surface area contributed by atoms with E-state index in [-0.39, 0.29) is 17.9 Å². The van der Waals surface area contributed by atoms with Crippen LogP contribution in [-0.2, 0) is 4.79 Å². The van der Waals surface area contributed by atoms with Crippen molar-refractivity contribution in [3.05, 3.63) is 0 Å². The van der Waals surface area contributed by atoms with Gasteiger partial charge in [-0.1, -0.05) is 20.3 Å². The predicted octanol–water partition coefficient (Wildman–Crippen LogP) is 1.67. The molecule has 84 valence electrons. The quantitative estimate of drug-likeness (QED) is 0.657. The lowest BCUT2D eigenvalue weighted by Crippen LogP contribution is -2.29. The number of hydrogen-bond donors (Lipinski definition) is 2. The number of rotatable bonds is 7. The highest BCUT2D eigenvalue weighted by Gasteiger charge is 2.11. The molecule has 0 aliphatic carbocycles. The van der Waals surface area contributed by atoms with Crippen LogP contribution in [0.3, 0.4) is 0 Å². The maximum atomic E-state index is 11.4. The van der Waals surface area contributed by atoms with E-state index in [1.807, 2.05) is 13.8 Å². The lowest BCUT2D eigenvalue weighted by atomic mass is 10.0. The van der Waals surface area contributed by atoms with E-state index in [4.69, 9.17) is 5.73 Å². The number of nitrogens with two attached hydrogens (primary N) is 1. The second kappa shape index (κ2) is 7.80. The fraction of sp³-hybridized carbons (Fsp3) is 0.909. The van der Waals surface area contributed by atoms with E-state index in [0.717, 1.165) is 32.2 Å². The smallest absolute Gasteiger partial charge is 0.222 e. The van der Waals surface area contributed by atoms with E-state index in [2.05, 4.69) is 12.2 Å². The van der Waals surface area contributed by atoms with Gasteiger partial charge in [0.25, 0.3) is 0 Å². The van der Waals surface area contributed by atoms with Crippen molar-refractivity contribution in [3.63, 3.8) is 0 Å². The molecular weight excluding hydrogens is 176 g/mol. The molecule has 0 rings (SSSR count). The molecule has 0 aromatic carbocycles. The van der Waals surface area contributed by atoms with Gasteiger partial charge in [0.2, 0.25) is 5.91 Å². The second-order valence-electron chi connectivity index (χ2n) is 4.10. The van der Waals surface area contributed by atoms with E-state index >= 15 is 0 Å². The minimum atomic E-state index is 0.125. The van der Waals surface area contributed by atoms with Crippen LogP contribution in [0.2, 0.25) is 0 Å². The van der Waals surface area contributed by atoms with Gasteiger partial charge in [-0.05, 0) is 26.2 Å². The molecule has 0 aromatic heterocycles. The van der Waals surface area contributed by atoms with Crippen LogP contribution in [0.4, 0.5) is 0 Å². The third kappa shape index (κ3) is 6.89. The summed E-state index contributed by atoms with van der Waals surface area (Å²) in [7, 11) is 0. The lowest BCUT2D eigenvalue weighted by Gasteiger charge is -2.12. The topological polar surface area (TPSA) is 55.1 Å². The van der Waals surface area contributed by atoms with Crippen molar-refractivity contribution < 1.29 is 4.79 Å². The fourth-order valence-electron chi connectivity index (χ4n) is 1.30. The van der Waals surface area contributed by atoms with Crippen molar-refractivity contribution >= 4 is 5.91 Å². The van der Waals surface area contributed by atoms with Crippen molar-refractivity contribution in [2.45, 2.75) is 52.5 Å². The number of hydrogen-bond acceptors (Lipinski definition) is 2. The first kappa shape index (κ1) is 13.4. The maximum absolute atomic E-state index is 11.4. The van der Waals surface area contributed by atoms with Gasteiger partial charge in [0.05, 0.1) is 0 Å². The summed E-state index contributed by atoms with van der Waals surface area (Å²) in [5, 5.41) is 2.90. The Balaban J connectivity index is 3.51. The normalized spacial score (nSPS) is 14.9. The Hall–Kier alpha value is -0.570. The van der Waals surface area contributed by atoms with Crippen molar-refractivity contribution in [2.24, 2.45) is 11.7 Å². The van der Waals surface area contributed by atoms with Crippen LogP contribution >= 0.6 is 0 Å². The van der Waals surface area contributed by atoms with E-state index in [9.17, 15) is 4.79 Å². The van der Waals surface area contributed by atoms with Gasteiger partial charge in [-0.2, -0.15) is 0 Å².